The molecular weight excluding hydrogens is 859 g/mol. The molecule has 0 bridgehead atoms. The topological polar surface area (TPSA) is 175 Å². The van der Waals surface area contributed by atoms with Crippen molar-refractivity contribution in [1.82, 2.24) is 5.32 Å². The number of unbranched alkanes of at least 4 members (excludes halogenated alkanes) is 19. The lowest BCUT2D eigenvalue weighted by Crippen LogP contribution is -2.61. The van der Waals surface area contributed by atoms with Crippen molar-refractivity contribution in [3.05, 3.63) is 97.2 Å². The van der Waals surface area contributed by atoms with Crippen molar-refractivity contribution in [2.24, 2.45) is 0 Å². The lowest BCUT2D eigenvalue weighted by Gasteiger charge is -2.41. The Bertz CT molecular complexity index is 1470. The summed E-state index contributed by atoms with van der Waals surface area (Å²) in [6, 6.07) is -1.07. The van der Waals surface area contributed by atoms with Crippen molar-refractivity contribution < 1.29 is 49.3 Å². The van der Waals surface area contributed by atoms with E-state index in [9.17, 15) is 35.1 Å². The predicted octanol–water partition coefficient (Wildman–Crippen LogP) is 11.2. The number of ether oxygens (including phenoxy) is 3. The number of amides is 1. The molecule has 0 aliphatic carbocycles. The van der Waals surface area contributed by atoms with E-state index in [0.29, 0.717) is 12.8 Å². The zero-order valence-electron chi connectivity index (χ0n) is 42.4. The van der Waals surface area contributed by atoms with Crippen LogP contribution in [0.15, 0.2) is 97.2 Å². The maximum atomic E-state index is 13.3. The molecule has 68 heavy (non-hydrogen) atoms. The van der Waals surface area contributed by atoms with E-state index in [-0.39, 0.29) is 19.4 Å². The van der Waals surface area contributed by atoms with E-state index >= 15 is 0 Å². The minimum Gasteiger partial charge on any atom is -0.454 e. The molecule has 0 saturated carbocycles. The second-order valence-electron chi connectivity index (χ2n) is 18.0. The third kappa shape index (κ3) is 33.2. The molecule has 388 valence electrons. The molecule has 8 atom stereocenters. The molecule has 1 aliphatic heterocycles. The van der Waals surface area contributed by atoms with Gasteiger partial charge in [0.1, 0.15) is 24.4 Å². The maximum absolute atomic E-state index is 13.3. The molecule has 1 saturated heterocycles. The van der Waals surface area contributed by atoms with Crippen LogP contribution in [0.1, 0.15) is 188 Å². The van der Waals surface area contributed by atoms with Gasteiger partial charge < -0.3 is 45.1 Å². The highest BCUT2D eigenvalue weighted by Crippen LogP contribution is 2.26. The van der Waals surface area contributed by atoms with E-state index in [1.54, 1.807) is 12.2 Å². The van der Waals surface area contributed by atoms with E-state index in [1.807, 2.05) is 60.8 Å². The normalized spacial score (nSPS) is 20.7. The van der Waals surface area contributed by atoms with Crippen molar-refractivity contribution >= 4 is 11.9 Å². The molecule has 0 aromatic carbocycles. The van der Waals surface area contributed by atoms with Gasteiger partial charge in [-0.2, -0.15) is 0 Å². The summed E-state index contributed by atoms with van der Waals surface area (Å²) in [5.41, 5.74) is 0. The van der Waals surface area contributed by atoms with Crippen molar-refractivity contribution in [3.8, 4) is 0 Å². The second kappa shape index (κ2) is 44.8. The highest BCUT2D eigenvalue weighted by molar-refractivity contribution is 5.81. The largest absolute Gasteiger partial charge is 0.454 e. The van der Waals surface area contributed by atoms with Gasteiger partial charge in [-0.25, -0.2) is 0 Å². The molecule has 0 spiro atoms. The molecule has 6 N–H and O–H groups in total. The lowest BCUT2D eigenvalue weighted by atomic mass is 9.99. The molecule has 1 aliphatic rings. The van der Waals surface area contributed by atoms with E-state index in [2.05, 4.69) is 50.4 Å². The number of carbonyl (C=O) groups is 2. The summed E-state index contributed by atoms with van der Waals surface area (Å²) < 4.78 is 17.4. The van der Waals surface area contributed by atoms with Crippen LogP contribution in [0.4, 0.5) is 0 Å². The predicted molar refractivity (Wildman–Crippen MR) is 278 cm³/mol. The molecule has 1 rings (SSSR count). The van der Waals surface area contributed by atoms with Gasteiger partial charge in [0, 0.05) is 12.8 Å². The molecule has 0 radical (unpaired) electrons. The van der Waals surface area contributed by atoms with Gasteiger partial charge in [0.15, 0.2) is 12.4 Å². The molecule has 11 nitrogen and oxygen atoms in total. The minimum absolute atomic E-state index is 0.0634. The summed E-state index contributed by atoms with van der Waals surface area (Å²) >= 11 is 0. The van der Waals surface area contributed by atoms with Crippen LogP contribution in [0.2, 0.25) is 0 Å². The van der Waals surface area contributed by atoms with Crippen molar-refractivity contribution in [2.75, 3.05) is 13.2 Å². The Kier molecular flexibility index (Phi) is 41.2. The van der Waals surface area contributed by atoms with Crippen molar-refractivity contribution in [3.63, 3.8) is 0 Å². The number of hydrogen-bond acceptors (Lipinski definition) is 10. The van der Waals surface area contributed by atoms with Gasteiger partial charge in [-0.05, 0) is 57.8 Å². The smallest absolute Gasteiger partial charge is 0.306 e. The first kappa shape index (κ1) is 62.6. The number of hydrogen-bond donors (Lipinski definition) is 6. The van der Waals surface area contributed by atoms with E-state index in [0.717, 1.165) is 57.8 Å². The molecule has 0 aromatic heterocycles. The number of allylic oxidation sites excluding steroid dienone is 14. The number of aliphatic hydroxyl groups excluding tert-OH is 5. The first-order chi connectivity index (χ1) is 33.2. The van der Waals surface area contributed by atoms with Crippen LogP contribution in [-0.2, 0) is 23.8 Å². The van der Waals surface area contributed by atoms with Crippen LogP contribution in [0.3, 0.4) is 0 Å². The van der Waals surface area contributed by atoms with Crippen molar-refractivity contribution in [2.45, 2.75) is 237 Å². The third-order valence-corrected chi connectivity index (χ3v) is 11.9. The fourth-order valence-electron chi connectivity index (χ4n) is 7.60. The Morgan fingerprint density at radius 1 is 0.603 bits per heavy atom. The minimum atomic E-state index is -1.64. The van der Waals surface area contributed by atoms with Crippen LogP contribution in [-0.4, -0.2) is 99.6 Å². The number of esters is 1. The monoisotopic (exact) mass is 954 g/mol. The van der Waals surface area contributed by atoms with Gasteiger partial charge >= 0.3 is 5.97 Å². The van der Waals surface area contributed by atoms with E-state index in [4.69, 9.17) is 14.2 Å². The van der Waals surface area contributed by atoms with Crippen LogP contribution in [0.25, 0.3) is 0 Å². The summed E-state index contributed by atoms with van der Waals surface area (Å²) in [4.78, 5) is 26.3. The van der Waals surface area contributed by atoms with Crippen LogP contribution < -0.4 is 5.32 Å². The molecular formula is C57H95NO10. The quantitative estimate of drug-likeness (QED) is 0.0150. The molecule has 8 unspecified atom stereocenters. The van der Waals surface area contributed by atoms with Gasteiger partial charge in [-0.15, -0.1) is 0 Å². The number of carbonyl (C=O) groups excluding carboxylic acids is 2. The zero-order chi connectivity index (χ0) is 49.7. The fraction of sp³-hybridized carbons (Fsp3) is 0.684. The summed E-state index contributed by atoms with van der Waals surface area (Å²) in [7, 11) is 0. The fourth-order valence-corrected chi connectivity index (χ4v) is 7.60. The summed E-state index contributed by atoms with van der Waals surface area (Å²) in [5, 5.41) is 56.5. The summed E-state index contributed by atoms with van der Waals surface area (Å²) in [6.07, 6.45) is 47.6. The average molecular weight is 954 g/mol. The zero-order valence-corrected chi connectivity index (χ0v) is 42.4. The van der Waals surface area contributed by atoms with Gasteiger partial charge in [0.2, 0.25) is 5.91 Å². The Morgan fingerprint density at radius 2 is 1.12 bits per heavy atom. The Hall–Kier alpha value is -3.42. The Morgan fingerprint density at radius 3 is 1.71 bits per heavy atom. The van der Waals surface area contributed by atoms with Gasteiger partial charge in [-0.1, -0.05) is 214 Å². The molecule has 0 aromatic rings. The highest BCUT2D eigenvalue weighted by atomic mass is 16.7. The van der Waals surface area contributed by atoms with Crippen LogP contribution in [0.5, 0.6) is 0 Å². The summed E-state index contributed by atoms with van der Waals surface area (Å²) in [6.45, 7) is 5.53. The summed E-state index contributed by atoms with van der Waals surface area (Å²) in [5.74, 6) is -1.32. The SMILES string of the molecule is CC/C=C/C=C/C=C\C=C/C=C/CCCCCC(=O)OC1C(OCC(NC(=O)C(O)C/C=C/C/C=C\CCCCCCCC)C(O)/C=C/CCCCCCCCCCCC)OC(CO)C(O)C1O. The van der Waals surface area contributed by atoms with Gasteiger partial charge in [0.05, 0.1) is 25.4 Å². The van der Waals surface area contributed by atoms with E-state index < -0.39 is 67.4 Å². The first-order valence-corrected chi connectivity index (χ1v) is 26.6. The Labute approximate surface area is 412 Å². The van der Waals surface area contributed by atoms with E-state index in [1.165, 1.54) is 83.5 Å². The van der Waals surface area contributed by atoms with Gasteiger partial charge in [-0.3, -0.25) is 9.59 Å². The molecule has 1 heterocycles. The third-order valence-electron chi connectivity index (χ3n) is 11.9. The van der Waals surface area contributed by atoms with Gasteiger partial charge in [0.25, 0.3) is 0 Å². The first-order valence-electron chi connectivity index (χ1n) is 26.6. The number of rotatable bonds is 42. The van der Waals surface area contributed by atoms with Crippen LogP contribution >= 0.6 is 0 Å². The average Bonchev–Trinajstić information content (AvgIpc) is 3.33. The molecule has 1 amide bonds. The lowest BCUT2D eigenvalue weighted by molar-refractivity contribution is -0.305. The van der Waals surface area contributed by atoms with Crippen molar-refractivity contribution in [1.29, 1.82) is 0 Å². The second-order valence-corrected chi connectivity index (χ2v) is 18.0. The highest BCUT2D eigenvalue weighted by Gasteiger charge is 2.47. The standard InChI is InChI=1S/C57H95NO10/c1-4-7-10-13-16-19-22-25-26-27-30-33-36-39-42-45-52(62)68-55-54(64)53(63)51(46-59)67-57(55)66-47-48(49(60)43-40-37-34-31-28-23-20-17-14-11-8-5-2)58-56(65)50(61)44-41-38-35-32-29-24-21-18-15-12-9-6-3/h7,10,13,16,19,22,25-27,29-30,32,38,40-41,43,48-51,53-55,57,59-61,63-64H,4-6,8-9,11-12,14-15,17-18,20-21,23-24,28,31,33-37,39,42,44-47H2,1-3H3,(H,58,65)/b10-7+,16-13+,22-19-,26-25-,30-27+,32-29-,41-38+,43-40+. The van der Waals surface area contributed by atoms with Crippen LogP contribution in [0, 0.1) is 0 Å². The number of aliphatic hydroxyl groups is 5. The maximum Gasteiger partial charge on any atom is 0.306 e. The number of nitrogens with one attached hydrogen (secondary N) is 1. The Balaban J connectivity index is 2.85. The molecule has 11 heteroatoms. The molecule has 1 fully saturated rings.